The van der Waals surface area contributed by atoms with Crippen LogP contribution in [0.3, 0.4) is 0 Å². The van der Waals surface area contributed by atoms with Crippen molar-refractivity contribution in [3.8, 4) is 0 Å². The number of esters is 2. The van der Waals surface area contributed by atoms with Crippen molar-refractivity contribution in [2.45, 2.75) is 60.7 Å². The molecule has 0 spiro atoms. The molecule has 5 heteroatoms. The van der Waals surface area contributed by atoms with E-state index in [1.54, 1.807) is 11.3 Å². The molecule has 0 aliphatic carbocycles. The van der Waals surface area contributed by atoms with E-state index in [4.69, 9.17) is 9.47 Å². The highest BCUT2D eigenvalue weighted by Crippen LogP contribution is 2.41. The first kappa shape index (κ1) is 27.6. The fraction of sp³-hybridized carbons (Fsp3) is 0.333. The second kappa shape index (κ2) is 10.7. The van der Waals surface area contributed by atoms with Gasteiger partial charge in [-0.15, -0.1) is 11.3 Å². The molecule has 0 amide bonds. The molecule has 0 aliphatic heterocycles. The number of ether oxygens (including phenoxy) is 2. The second-order valence-corrected chi connectivity index (χ2v) is 12.7. The van der Waals surface area contributed by atoms with Crippen molar-refractivity contribution in [3.63, 3.8) is 0 Å². The van der Waals surface area contributed by atoms with Gasteiger partial charge in [-0.3, -0.25) is 9.59 Å². The van der Waals surface area contributed by atoms with Gasteiger partial charge >= 0.3 is 11.9 Å². The van der Waals surface area contributed by atoms with Gasteiger partial charge in [0.1, 0.15) is 0 Å². The summed E-state index contributed by atoms with van der Waals surface area (Å²) in [6, 6.07) is 23.9. The number of hydrogen-bond acceptors (Lipinski definition) is 5. The van der Waals surface area contributed by atoms with Crippen LogP contribution in [0.25, 0.3) is 10.1 Å². The quantitative estimate of drug-likeness (QED) is 0.235. The Morgan fingerprint density at radius 3 is 1.74 bits per heavy atom. The number of carbonyl (C=O) groups excluding carboxylic acids is 2. The third-order valence-electron chi connectivity index (χ3n) is 6.41. The lowest BCUT2D eigenvalue weighted by molar-refractivity contribution is -0.158. The zero-order valence-electron chi connectivity index (χ0n) is 23.2. The Bertz CT molecular complexity index is 1430. The van der Waals surface area contributed by atoms with E-state index in [1.807, 2.05) is 109 Å². The Kier molecular flexibility index (Phi) is 7.80. The summed E-state index contributed by atoms with van der Waals surface area (Å²) in [7, 11) is 0. The Labute approximate surface area is 229 Å². The first-order chi connectivity index (χ1) is 17.9. The molecule has 0 aliphatic rings. The van der Waals surface area contributed by atoms with Gasteiger partial charge in [0, 0.05) is 21.4 Å². The summed E-state index contributed by atoms with van der Waals surface area (Å²) in [5.41, 5.74) is 3.10. The van der Waals surface area contributed by atoms with Crippen molar-refractivity contribution < 1.29 is 19.1 Å². The van der Waals surface area contributed by atoms with Gasteiger partial charge in [0.25, 0.3) is 0 Å². The number of carbonyl (C=O) groups is 2. The smallest absolute Gasteiger partial charge is 0.312 e. The molecular weight excluding hydrogens is 492 g/mol. The third kappa shape index (κ3) is 5.99. The van der Waals surface area contributed by atoms with Crippen LogP contribution in [0.2, 0.25) is 0 Å². The number of thiophene rings is 1. The molecular formula is C33H36O4S. The van der Waals surface area contributed by atoms with Gasteiger partial charge in [-0.2, -0.15) is 0 Å². The molecule has 3 aromatic carbocycles. The van der Waals surface area contributed by atoms with Crippen molar-refractivity contribution in [1.29, 1.82) is 0 Å². The van der Waals surface area contributed by atoms with Gasteiger partial charge < -0.3 is 9.47 Å². The van der Waals surface area contributed by atoms with Crippen LogP contribution >= 0.6 is 11.3 Å². The fourth-order valence-corrected chi connectivity index (χ4v) is 5.08. The van der Waals surface area contributed by atoms with Crippen LogP contribution in [0.15, 0.2) is 78.2 Å². The van der Waals surface area contributed by atoms with Gasteiger partial charge in [-0.1, -0.05) is 72.3 Å². The van der Waals surface area contributed by atoms with Crippen LogP contribution in [-0.2, 0) is 19.1 Å². The Hall–Kier alpha value is -3.44. The summed E-state index contributed by atoms with van der Waals surface area (Å²) in [5, 5.41) is 3.10. The van der Waals surface area contributed by atoms with Crippen molar-refractivity contribution in [2.24, 2.45) is 10.8 Å². The summed E-state index contributed by atoms with van der Waals surface area (Å²) in [6.07, 6.45) is -1.34. The maximum atomic E-state index is 13.3. The van der Waals surface area contributed by atoms with Crippen LogP contribution in [0.5, 0.6) is 0 Å². The summed E-state index contributed by atoms with van der Waals surface area (Å²) >= 11 is 1.62. The summed E-state index contributed by atoms with van der Waals surface area (Å²) < 4.78 is 13.6. The number of rotatable bonds is 6. The van der Waals surface area contributed by atoms with E-state index in [-0.39, 0.29) is 11.9 Å². The maximum absolute atomic E-state index is 13.3. The SMILES string of the molecule is Cc1ccc(C(OC(=O)C(C)(C)C)c2ccccc2C(OC(=O)C(C)(C)C)c2csc3ccccc23)cc1. The van der Waals surface area contributed by atoms with E-state index in [0.29, 0.717) is 0 Å². The Morgan fingerprint density at radius 2 is 1.16 bits per heavy atom. The number of aryl methyl sites for hydroxylation is 1. The highest BCUT2D eigenvalue weighted by molar-refractivity contribution is 7.17. The number of hydrogen-bond donors (Lipinski definition) is 0. The van der Waals surface area contributed by atoms with Gasteiger partial charge in [-0.05, 0) is 70.9 Å². The summed E-state index contributed by atoms with van der Waals surface area (Å²) in [4.78, 5) is 26.4. The Balaban J connectivity index is 1.91. The molecule has 0 radical (unpaired) electrons. The average Bonchev–Trinajstić information content (AvgIpc) is 3.29. The monoisotopic (exact) mass is 528 g/mol. The zero-order valence-corrected chi connectivity index (χ0v) is 24.0. The minimum Gasteiger partial charge on any atom is -0.452 e. The molecule has 1 aromatic heterocycles. The van der Waals surface area contributed by atoms with Crippen LogP contribution < -0.4 is 0 Å². The van der Waals surface area contributed by atoms with E-state index in [1.165, 1.54) is 0 Å². The lowest BCUT2D eigenvalue weighted by atomic mass is 9.89. The lowest BCUT2D eigenvalue weighted by Crippen LogP contribution is -2.28. The summed E-state index contributed by atoms with van der Waals surface area (Å²) in [6.45, 7) is 13.1. The molecule has 0 bridgehead atoms. The fourth-order valence-electron chi connectivity index (χ4n) is 4.10. The maximum Gasteiger partial charge on any atom is 0.312 e. The Morgan fingerprint density at radius 1 is 0.658 bits per heavy atom. The molecule has 4 aromatic rings. The predicted octanol–water partition coefficient (Wildman–Crippen LogP) is 8.57. The molecule has 0 saturated carbocycles. The van der Waals surface area contributed by atoms with E-state index in [2.05, 4.69) is 17.5 Å². The first-order valence-electron chi connectivity index (χ1n) is 12.9. The number of benzene rings is 3. The third-order valence-corrected chi connectivity index (χ3v) is 7.39. The molecule has 0 N–H and O–H groups in total. The van der Waals surface area contributed by atoms with E-state index < -0.39 is 23.0 Å². The lowest BCUT2D eigenvalue weighted by Gasteiger charge is -2.29. The van der Waals surface area contributed by atoms with Gasteiger partial charge in [-0.25, -0.2) is 0 Å². The largest absolute Gasteiger partial charge is 0.452 e. The van der Waals surface area contributed by atoms with Crippen LogP contribution in [0.4, 0.5) is 0 Å². The zero-order chi connectivity index (χ0) is 27.7. The minimum atomic E-state index is -0.686. The molecule has 0 fully saturated rings. The minimum absolute atomic E-state index is 0.300. The van der Waals surface area contributed by atoms with Crippen LogP contribution in [0, 0.1) is 17.8 Å². The molecule has 2 unspecified atom stereocenters. The number of fused-ring (bicyclic) bond motifs is 1. The van der Waals surface area contributed by atoms with Crippen LogP contribution in [-0.4, -0.2) is 11.9 Å². The predicted molar refractivity (Wildman–Crippen MR) is 154 cm³/mol. The molecule has 38 heavy (non-hydrogen) atoms. The molecule has 2 atom stereocenters. The first-order valence-corrected chi connectivity index (χ1v) is 13.8. The van der Waals surface area contributed by atoms with Gasteiger partial charge in [0.2, 0.25) is 0 Å². The second-order valence-electron chi connectivity index (χ2n) is 11.8. The molecule has 198 valence electrons. The van der Waals surface area contributed by atoms with E-state index in [0.717, 1.165) is 37.9 Å². The highest BCUT2D eigenvalue weighted by Gasteiger charge is 2.34. The van der Waals surface area contributed by atoms with E-state index in [9.17, 15) is 9.59 Å². The average molecular weight is 529 g/mol. The molecule has 0 saturated heterocycles. The standard InChI is InChI=1S/C33H36O4S/c1-21-16-18-22(19-17-21)28(36-30(34)32(2,3)4)24-13-8-9-14-25(24)29(37-31(35)33(5,6)7)26-20-38-27-15-11-10-12-23(26)27/h8-20,28-29H,1-7H3. The normalized spacial score (nSPS) is 13.7. The van der Waals surface area contributed by atoms with E-state index >= 15 is 0 Å². The van der Waals surface area contributed by atoms with Gasteiger partial charge in [0.05, 0.1) is 10.8 Å². The van der Waals surface area contributed by atoms with Crippen molar-refractivity contribution in [2.75, 3.05) is 0 Å². The molecule has 4 rings (SSSR count). The molecule has 4 nitrogen and oxygen atoms in total. The topological polar surface area (TPSA) is 52.6 Å². The highest BCUT2D eigenvalue weighted by atomic mass is 32.1. The van der Waals surface area contributed by atoms with Crippen LogP contribution in [0.1, 0.15) is 81.6 Å². The van der Waals surface area contributed by atoms with Crippen molar-refractivity contribution in [1.82, 2.24) is 0 Å². The van der Waals surface area contributed by atoms with Gasteiger partial charge in [0.15, 0.2) is 12.2 Å². The molecule has 1 heterocycles. The van der Waals surface area contributed by atoms with Crippen molar-refractivity contribution >= 4 is 33.4 Å². The van der Waals surface area contributed by atoms with Crippen molar-refractivity contribution in [3.05, 3.63) is 106 Å². The summed E-state index contributed by atoms with van der Waals surface area (Å²) in [5.74, 6) is -0.603.